The number of ketones is 1. The number of nitrogens with zero attached hydrogens (tertiary/aromatic N) is 4. The second-order valence-electron chi connectivity index (χ2n) is 5.49. The lowest BCUT2D eigenvalue weighted by atomic mass is 9.94. The molecule has 0 bridgehead atoms. The van der Waals surface area contributed by atoms with Gasteiger partial charge in [0.25, 0.3) is 5.91 Å². The molecule has 0 saturated carbocycles. The van der Waals surface area contributed by atoms with E-state index in [0.717, 1.165) is 11.0 Å². The molecule has 124 valence electrons. The first kappa shape index (κ1) is 15.1. The van der Waals surface area contributed by atoms with Gasteiger partial charge in [-0.3, -0.25) is 24.8 Å². The largest absolute Gasteiger partial charge is 0.296 e. The van der Waals surface area contributed by atoms with Gasteiger partial charge < -0.3 is 0 Å². The molecule has 2 amide bonds. The van der Waals surface area contributed by atoms with E-state index in [1.807, 2.05) is 0 Å². The summed E-state index contributed by atoms with van der Waals surface area (Å²) in [6.07, 6.45) is 4.00. The third kappa shape index (κ3) is 2.28. The van der Waals surface area contributed by atoms with Gasteiger partial charge in [-0.05, 0) is 18.2 Å². The summed E-state index contributed by atoms with van der Waals surface area (Å²) < 4.78 is 13.4. The summed E-state index contributed by atoms with van der Waals surface area (Å²) in [6.45, 7) is 0. The van der Waals surface area contributed by atoms with Gasteiger partial charge in [0.15, 0.2) is 0 Å². The Bertz CT molecular complexity index is 930. The number of fused-ring (bicyclic) bond motifs is 1. The molecule has 0 aliphatic carbocycles. The van der Waals surface area contributed by atoms with E-state index in [4.69, 9.17) is 0 Å². The molecule has 2 aromatic rings. The lowest BCUT2D eigenvalue weighted by Gasteiger charge is -2.15. The van der Waals surface area contributed by atoms with Crippen molar-refractivity contribution >= 4 is 29.0 Å². The Hall–Kier alpha value is -3.49. The number of imide groups is 1. The Morgan fingerprint density at radius 2 is 2.04 bits per heavy atom. The predicted molar refractivity (Wildman–Crippen MR) is 83.1 cm³/mol. The monoisotopic (exact) mass is 339 g/mol. The number of benzene rings is 1. The summed E-state index contributed by atoms with van der Waals surface area (Å²) >= 11 is 0. The number of anilines is 1. The third-order valence-corrected chi connectivity index (χ3v) is 4.02. The van der Waals surface area contributed by atoms with Crippen molar-refractivity contribution in [2.45, 2.75) is 6.04 Å². The summed E-state index contributed by atoms with van der Waals surface area (Å²) in [5.41, 5.74) is 2.55. The summed E-state index contributed by atoms with van der Waals surface area (Å²) in [4.78, 5) is 46.3. The van der Waals surface area contributed by atoms with Crippen LogP contribution in [0.3, 0.4) is 0 Å². The van der Waals surface area contributed by atoms with Gasteiger partial charge in [-0.25, -0.2) is 14.3 Å². The van der Waals surface area contributed by atoms with Crippen LogP contribution in [0.25, 0.3) is 0 Å². The fourth-order valence-electron chi connectivity index (χ4n) is 2.89. The molecule has 9 heteroatoms. The van der Waals surface area contributed by atoms with E-state index in [1.165, 1.54) is 36.8 Å². The van der Waals surface area contributed by atoms with Crippen molar-refractivity contribution in [2.75, 3.05) is 4.90 Å². The van der Waals surface area contributed by atoms with Crippen molar-refractivity contribution in [2.24, 2.45) is 11.0 Å². The average molecular weight is 339 g/mol. The number of hydrogen-bond acceptors (Lipinski definition) is 7. The zero-order valence-electron chi connectivity index (χ0n) is 12.6. The molecule has 1 aromatic carbocycles. The maximum Gasteiger partial charge on any atom is 0.259 e. The molecule has 3 heterocycles. The van der Waals surface area contributed by atoms with Crippen molar-refractivity contribution in [1.82, 2.24) is 15.4 Å². The first-order valence-electron chi connectivity index (χ1n) is 7.35. The maximum absolute atomic E-state index is 13.4. The molecule has 1 N–H and O–H groups in total. The summed E-state index contributed by atoms with van der Waals surface area (Å²) in [5.74, 6) is -3.47. The molecule has 0 radical (unpaired) electrons. The molecule has 0 spiro atoms. The molecule has 1 saturated heterocycles. The number of amides is 2. The quantitative estimate of drug-likeness (QED) is 0.638. The molecular formula is C16H10FN5O3. The van der Waals surface area contributed by atoms with E-state index < -0.39 is 35.4 Å². The number of carbonyl (C=O) groups is 3. The Labute approximate surface area is 140 Å². The molecule has 1 aromatic heterocycles. The summed E-state index contributed by atoms with van der Waals surface area (Å²) in [7, 11) is 0. The van der Waals surface area contributed by atoms with E-state index >= 15 is 0 Å². The highest BCUT2D eigenvalue weighted by molar-refractivity contribution is 6.52. The molecule has 1 fully saturated rings. The number of Topliss-reactive ketones (excluding diaryl/α,β-unsaturated/α-hetero) is 1. The number of nitrogens with one attached hydrogen (secondary N) is 1. The Kier molecular flexibility index (Phi) is 3.34. The summed E-state index contributed by atoms with van der Waals surface area (Å²) in [5, 5.41) is 3.85. The second-order valence-corrected chi connectivity index (χ2v) is 5.49. The molecule has 2 atom stereocenters. The third-order valence-electron chi connectivity index (χ3n) is 4.02. The van der Waals surface area contributed by atoms with Gasteiger partial charge in [0.1, 0.15) is 29.2 Å². The number of aromatic nitrogens is 2. The molecule has 2 aliphatic rings. The summed E-state index contributed by atoms with van der Waals surface area (Å²) in [6, 6.07) is 4.13. The smallest absolute Gasteiger partial charge is 0.259 e. The van der Waals surface area contributed by atoms with Gasteiger partial charge in [0.2, 0.25) is 11.7 Å². The molecule has 25 heavy (non-hydrogen) atoms. The topological polar surface area (TPSA) is 105 Å². The van der Waals surface area contributed by atoms with Crippen LogP contribution >= 0.6 is 0 Å². The van der Waals surface area contributed by atoms with E-state index in [1.54, 1.807) is 0 Å². The number of rotatable bonds is 3. The highest BCUT2D eigenvalue weighted by atomic mass is 19.1. The zero-order chi connectivity index (χ0) is 17.6. The van der Waals surface area contributed by atoms with Crippen LogP contribution in [0.2, 0.25) is 0 Å². The molecule has 8 nitrogen and oxygen atoms in total. The van der Waals surface area contributed by atoms with Gasteiger partial charge in [-0.1, -0.05) is 6.07 Å². The Balaban J connectivity index is 1.68. The SMILES string of the molecule is O=C(C1=NN[C@H]2C(=O)N(c3cccc(F)c3)C(=O)[C@@H]12)c1cnccn1. The lowest BCUT2D eigenvalue weighted by Crippen LogP contribution is -2.36. The van der Waals surface area contributed by atoms with Crippen molar-refractivity contribution in [3.63, 3.8) is 0 Å². The van der Waals surface area contributed by atoms with Crippen molar-refractivity contribution < 1.29 is 18.8 Å². The minimum Gasteiger partial charge on any atom is -0.296 e. The van der Waals surface area contributed by atoms with Crippen molar-refractivity contribution in [3.05, 3.63) is 54.4 Å². The van der Waals surface area contributed by atoms with Crippen molar-refractivity contribution in [3.8, 4) is 0 Å². The van der Waals surface area contributed by atoms with Crippen LogP contribution in [0, 0.1) is 11.7 Å². The molecule has 0 unspecified atom stereocenters. The second kappa shape index (κ2) is 5.55. The van der Waals surface area contributed by atoms with E-state index in [0.29, 0.717) is 0 Å². The van der Waals surface area contributed by atoms with Crippen LogP contribution < -0.4 is 10.3 Å². The number of carbonyl (C=O) groups excluding carboxylic acids is 3. The fourth-order valence-corrected chi connectivity index (χ4v) is 2.89. The van der Waals surface area contributed by atoms with Gasteiger partial charge >= 0.3 is 0 Å². The molecular weight excluding hydrogens is 329 g/mol. The van der Waals surface area contributed by atoms with E-state index in [-0.39, 0.29) is 17.1 Å². The minimum absolute atomic E-state index is 0.0214. The Morgan fingerprint density at radius 3 is 2.76 bits per heavy atom. The average Bonchev–Trinajstić information content (AvgIpc) is 3.16. The number of hydrazone groups is 1. The van der Waals surface area contributed by atoms with E-state index in [2.05, 4.69) is 20.5 Å². The predicted octanol–water partition coefficient (Wildman–Crippen LogP) is 0.316. The standard InChI is InChI=1S/C16H10FN5O3/c17-8-2-1-3-9(6-8)22-15(24)11-12(20-21-13(11)16(22)25)14(23)10-7-18-4-5-19-10/h1-7,11,13,21H/t11-,13+/m0/s1. The number of hydrogen-bond donors (Lipinski definition) is 1. The lowest BCUT2D eigenvalue weighted by molar-refractivity contribution is -0.122. The highest BCUT2D eigenvalue weighted by Crippen LogP contribution is 2.31. The number of halogens is 1. The molecule has 2 aliphatic heterocycles. The van der Waals surface area contributed by atoms with Crippen LogP contribution in [0.4, 0.5) is 10.1 Å². The van der Waals surface area contributed by atoms with Crippen LogP contribution in [0.5, 0.6) is 0 Å². The molecule has 4 rings (SSSR count). The highest BCUT2D eigenvalue weighted by Gasteiger charge is 2.55. The van der Waals surface area contributed by atoms with Gasteiger partial charge in [-0.2, -0.15) is 5.10 Å². The Morgan fingerprint density at radius 1 is 1.20 bits per heavy atom. The van der Waals surface area contributed by atoms with E-state index in [9.17, 15) is 18.8 Å². The van der Waals surface area contributed by atoms with Crippen LogP contribution in [-0.2, 0) is 9.59 Å². The van der Waals surface area contributed by atoms with Crippen LogP contribution in [-0.4, -0.2) is 39.3 Å². The first-order valence-corrected chi connectivity index (χ1v) is 7.35. The normalized spacial score (nSPS) is 21.8. The van der Waals surface area contributed by atoms with Gasteiger partial charge in [0, 0.05) is 12.4 Å². The zero-order valence-corrected chi connectivity index (χ0v) is 12.6. The first-order chi connectivity index (χ1) is 12.1. The minimum atomic E-state index is -1.08. The van der Waals surface area contributed by atoms with Crippen LogP contribution in [0.15, 0.2) is 48.0 Å². The fraction of sp³-hybridized carbons (Fsp3) is 0.125. The van der Waals surface area contributed by atoms with Gasteiger partial charge in [0.05, 0.1) is 11.9 Å². The van der Waals surface area contributed by atoms with Crippen molar-refractivity contribution in [1.29, 1.82) is 0 Å². The van der Waals surface area contributed by atoms with Gasteiger partial charge in [-0.15, -0.1) is 0 Å². The van der Waals surface area contributed by atoms with Crippen LogP contribution in [0.1, 0.15) is 10.5 Å². The maximum atomic E-state index is 13.4.